The largest absolute Gasteiger partial charge is 0.478 e. The molecule has 4 nitrogen and oxygen atoms in total. The summed E-state index contributed by atoms with van der Waals surface area (Å²) in [6.07, 6.45) is 6.22. The van der Waals surface area contributed by atoms with Crippen molar-refractivity contribution in [2.75, 3.05) is 19.6 Å². The SMILES string of the molecule is O=C(O)c1ccc2c(c1)CCN(CC1(CN[C@H]3CC3c3ccccc3)CCC1)C2. The van der Waals surface area contributed by atoms with Crippen molar-refractivity contribution in [3.63, 3.8) is 0 Å². The number of fused-ring (bicyclic) bond motifs is 1. The van der Waals surface area contributed by atoms with Gasteiger partial charge in [-0.05, 0) is 59.9 Å². The molecule has 2 N–H and O–H groups in total. The first-order valence-electron chi connectivity index (χ1n) is 11.0. The van der Waals surface area contributed by atoms with E-state index in [1.807, 2.05) is 12.1 Å². The molecular weight excluding hydrogens is 360 g/mol. The highest BCUT2D eigenvalue weighted by molar-refractivity contribution is 5.87. The Bertz CT molecular complexity index is 891. The van der Waals surface area contributed by atoms with Crippen molar-refractivity contribution in [3.8, 4) is 0 Å². The zero-order chi connectivity index (χ0) is 19.8. The second kappa shape index (κ2) is 7.58. The van der Waals surface area contributed by atoms with Gasteiger partial charge in [0.1, 0.15) is 0 Å². The number of carbonyl (C=O) groups is 1. The molecule has 4 heteroatoms. The maximum absolute atomic E-state index is 11.2. The van der Waals surface area contributed by atoms with Gasteiger partial charge in [-0.1, -0.05) is 42.8 Å². The number of aromatic carboxylic acids is 1. The number of rotatable bonds is 7. The quantitative estimate of drug-likeness (QED) is 0.749. The summed E-state index contributed by atoms with van der Waals surface area (Å²) in [5.74, 6) is -0.137. The highest BCUT2D eigenvalue weighted by Crippen LogP contribution is 2.45. The van der Waals surface area contributed by atoms with Crippen LogP contribution >= 0.6 is 0 Å². The van der Waals surface area contributed by atoms with Crippen molar-refractivity contribution in [1.29, 1.82) is 0 Å². The average Bonchev–Trinajstić information content (AvgIpc) is 3.50. The molecule has 3 aliphatic rings. The smallest absolute Gasteiger partial charge is 0.335 e. The minimum atomic E-state index is -0.830. The molecule has 1 unspecified atom stereocenters. The lowest BCUT2D eigenvalue weighted by atomic mass is 9.68. The molecule has 0 aromatic heterocycles. The van der Waals surface area contributed by atoms with Gasteiger partial charge in [-0.2, -0.15) is 0 Å². The minimum absolute atomic E-state index is 0.411. The molecule has 0 saturated heterocycles. The molecule has 0 bridgehead atoms. The van der Waals surface area contributed by atoms with Crippen LogP contribution in [0.25, 0.3) is 0 Å². The van der Waals surface area contributed by atoms with Crippen LogP contribution in [0.2, 0.25) is 0 Å². The molecule has 1 aliphatic heterocycles. The molecule has 0 amide bonds. The summed E-state index contributed by atoms with van der Waals surface area (Å²) < 4.78 is 0. The third-order valence-corrected chi connectivity index (χ3v) is 7.28. The monoisotopic (exact) mass is 390 g/mol. The van der Waals surface area contributed by atoms with Gasteiger partial charge in [0.15, 0.2) is 0 Å². The number of hydrogen-bond donors (Lipinski definition) is 2. The van der Waals surface area contributed by atoms with Crippen molar-refractivity contribution in [2.45, 2.75) is 50.6 Å². The molecule has 2 aliphatic carbocycles. The fraction of sp³-hybridized carbons (Fsp3) is 0.480. The molecular formula is C25H30N2O2. The topological polar surface area (TPSA) is 52.6 Å². The van der Waals surface area contributed by atoms with E-state index in [1.165, 1.54) is 42.4 Å². The molecule has 152 valence electrons. The summed E-state index contributed by atoms with van der Waals surface area (Å²) in [7, 11) is 0. The van der Waals surface area contributed by atoms with Crippen LogP contribution in [-0.4, -0.2) is 41.7 Å². The minimum Gasteiger partial charge on any atom is -0.478 e. The van der Waals surface area contributed by atoms with Gasteiger partial charge in [0.25, 0.3) is 0 Å². The standard InChI is InChI=1S/C25H30N2O2/c28-24(29)20-7-8-21-15-27(12-9-19(21)13-20)17-25(10-4-11-25)16-26-23-14-22(23)18-5-2-1-3-6-18/h1-3,5-8,13,22-23,26H,4,9-12,14-17H2,(H,28,29)/t22?,23-/m0/s1. The molecule has 2 aromatic rings. The lowest BCUT2D eigenvalue weighted by Gasteiger charge is -2.46. The molecule has 2 atom stereocenters. The second-order valence-electron chi connectivity index (χ2n) is 9.34. The number of hydrogen-bond acceptors (Lipinski definition) is 3. The third-order valence-electron chi connectivity index (χ3n) is 7.28. The van der Waals surface area contributed by atoms with E-state index in [2.05, 4.69) is 40.5 Å². The fourth-order valence-electron chi connectivity index (χ4n) is 5.26. The summed E-state index contributed by atoms with van der Waals surface area (Å²) in [5, 5.41) is 13.1. The van der Waals surface area contributed by atoms with Crippen LogP contribution in [-0.2, 0) is 13.0 Å². The molecule has 2 fully saturated rings. The highest BCUT2D eigenvalue weighted by atomic mass is 16.4. The van der Waals surface area contributed by atoms with Crippen LogP contribution < -0.4 is 5.32 Å². The summed E-state index contributed by atoms with van der Waals surface area (Å²) in [6, 6.07) is 17.2. The Morgan fingerprint density at radius 2 is 1.97 bits per heavy atom. The molecule has 2 aromatic carbocycles. The normalized spacial score (nSPS) is 25.1. The summed E-state index contributed by atoms with van der Waals surface area (Å²) in [6.45, 7) is 4.27. The van der Waals surface area contributed by atoms with Gasteiger partial charge in [0.05, 0.1) is 5.56 Å². The van der Waals surface area contributed by atoms with E-state index in [9.17, 15) is 9.90 Å². The summed E-state index contributed by atoms with van der Waals surface area (Å²) in [5.41, 5.74) is 4.82. The van der Waals surface area contributed by atoms with Gasteiger partial charge in [-0.15, -0.1) is 0 Å². The van der Waals surface area contributed by atoms with Gasteiger partial charge in [-0.25, -0.2) is 4.79 Å². The Kier molecular flexibility index (Phi) is 4.92. The Hall–Kier alpha value is -2.17. The van der Waals surface area contributed by atoms with E-state index >= 15 is 0 Å². The van der Waals surface area contributed by atoms with E-state index in [0.29, 0.717) is 22.9 Å². The molecule has 0 radical (unpaired) electrons. The van der Waals surface area contributed by atoms with E-state index < -0.39 is 5.97 Å². The average molecular weight is 391 g/mol. The summed E-state index contributed by atoms with van der Waals surface area (Å²) in [4.78, 5) is 13.8. The fourth-order valence-corrected chi connectivity index (χ4v) is 5.26. The van der Waals surface area contributed by atoms with Crippen LogP contribution in [0.3, 0.4) is 0 Å². The Balaban J connectivity index is 1.17. The molecule has 1 heterocycles. The van der Waals surface area contributed by atoms with Gasteiger partial charge in [-0.3, -0.25) is 4.90 Å². The van der Waals surface area contributed by atoms with E-state index in [4.69, 9.17) is 0 Å². The van der Waals surface area contributed by atoms with Gasteiger partial charge in [0.2, 0.25) is 0 Å². The van der Waals surface area contributed by atoms with Crippen LogP contribution in [0.5, 0.6) is 0 Å². The van der Waals surface area contributed by atoms with E-state index in [1.54, 1.807) is 6.07 Å². The van der Waals surface area contributed by atoms with Crippen LogP contribution in [0.15, 0.2) is 48.5 Å². The predicted molar refractivity (Wildman–Crippen MR) is 114 cm³/mol. The number of carboxylic acid groups (broad SMARTS) is 1. The zero-order valence-corrected chi connectivity index (χ0v) is 16.9. The lowest BCUT2D eigenvalue weighted by Crippen LogP contribution is -2.49. The predicted octanol–water partition coefficient (Wildman–Crippen LogP) is 4.06. The van der Waals surface area contributed by atoms with Crippen LogP contribution in [0, 0.1) is 5.41 Å². The van der Waals surface area contributed by atoms with Crippen LogP contribution in [0.4, 0.5) is 0 Å². The van der Waals surface area contributed by atoms with E-state index in [-0.39, 0.29) is 0 Å². The van der Waals surface area contributed by atoms with Crippen molar-refractivity contribution in [2.24, 2.45) is 5.41 Å². The Labute approximate surface area is 172 Å². The molecule has 0 spiro atoms. The molecule has 29 heavy (non-hydrogen) atoms. The first kappa shape index (κ1) is 18.8. The number of carboxylic acids is 1. The number of nitrogens with zero attached hydrogens (tertiary/aromatic N) is 1. The maximum atomic E-state index is 11.2. The number of benzene rings is 2. The third kappa shape index (κ3) is 3.96. The van der Waals surface area contributed by atoms with E-state index in [0.717, 1.165) is 32.6 Å². The molecule has 2 saturated carbocycles. The Morgan fingerprint density at radius 1 is 1.14 bits per heavy atom. The van der Waals surface area contributed by atoms with Crippen LogP contribution in [0.1, 0.15) is 58.6 Å². The second-order valence-corrected chi connectivity index (χ2v) is 9.34. The first-order valence-corrected chi connectivity index (χ1v) is 11.0. The van der Waals surface area contributed by atoms with Crippen molar-refractivity contribution >= 4 is 5.97 Å². The zero-order valence-electron chi connectivity index (χ0n) is 16.9. The highest BCUT2D eigenvalue weighted by Gasteiger charge is 2.43. The first-order chi connectivity index (χ1) is 14.1. The maximum Gasteiger partial charge on any atom is 0.335 e. The lowest BCUT2D eigenvalue weighted by molar-refractivity contribution is 0.0589. The van der Waals surface area contributed by atoms with Gasteiger partial charge >= 0.3 is 5.97 Å². The van der Waals surface area contributed by atoms with Gasteiger partial charge in [0, 0.05) is 38.1 Å². The van der Waals surface area contributed by atoms with Crippen molar-refractivity contribution < 1.29 is 9.90 Å². The number of nitrogens with one attached hydrogen (secondary N) is 1. The summed E-state index contributed by atoms with van der Waals surface area (Å²) >= 11 is 0. The van der Waals surface area contributed by atoms with Crippen molar-refractivity contribution in [1.82, 2.24) is 10.2 Å². The van der Waals surface area contributed by atoms with Gasteiger partial charge < -0.3 is 10.4 Å². The molecule has 5 rings (SSSR count). The van der Waals surface area contributed by atoms with Crippen molar-refractivity contribution in [3.05, 3.63) is 70.8 Å². The Morgan fingerprint density at radius 3 is 2.69 bits per heavy atom.